The molecule has 1 spiro atoms. The van der Waals surface area contributed by atoms with Crippen LogP contribution in [0.15, 0.2) is 83.8 Å². The number of sulfonamides is 1. The number of carbonyl (C=O) groups excluding carboxylic acids is 2. The molecule has 1 saturated heterocycles. The zero-order valence-corrected chi connectivity index (χ0v) is 29.0. The van der Waals surface area contributed by atoms with E-state index in [0.717, 1.165) is 28.5 Å². The zero-order chi connectivity index (χ0) is 35.4. The van der Waals surface area contributed by atoms with Crippen molar-refractivity contribution < 1.29 is 32.4 Å². The molecule has 2 aliphatic rings. The van der Waals surface area contributed by atoms with E-state index in [-0.39, 0.29) is 25.1 Å². The highest BCUT2D eigenvalue weighted by molar-refractivity contribution is 7.89. The van der Waals surface area contributed by atoms with Gasteiger partial charge in [0.2, 0.25) is 10.0 Å². The molecular weight excluding hydrogens is 648 g/mol. The van der Waals surface area contributed by atoms with Crippen LogP contribution in [0.3, 0.4) is 0 Å². The van der Waals surface area contributed by atoms with Crippen molar-refractivity contribution in [3.63, 3.8) is 0 Å². The molecule has 2 amide bonds. The van der Waals surface area contributed by atoms with Gasteiger partial charge in [0.05, 0.1) is 4.92 Å². The van der Waals surface area contributed by atoms with Crippen molar-refractivity contribution in [2.75, 3.05) is 32.7 Å². The van der Waals surface area contributed by atoms with Gasteiger partial charge in [-0.1, -0.05) is 42.5 Å². The van der Waals surface area contributed by atoms with E-state index in [2.05, 4.69) is 10.8 Å². The van der Waals surface area contributed by atoms with Crippen molar-refractivity contribution in [3.05, 3.63) is 106 Å². The predicted octanol–water partition coefficient (Wildman–Crippen LogP) is 6.02. The molecular formula is C36H42N4O8S. The number of piperidine rings is 1. The summed E-state index contributed by atoms with van der Waals surface area (Å²) >= 11 is 0. The van der Waals surface area contributed by atoms with Gasteiger partial charge >= 0.3 is 6.09 Å². The van der Waals surface area contributed by atoms with Crippen molar-refractivity contribution in [1.82, 2.24) is 14.5 Å². The van der Waals surface area contributed by atoms with Gasteiger partial charge in [-0.25, -0.2) is 17.9 Å². The molecule has 0 bridgehead atoms. The molecule has 0 saturated carbocycles. The maximum absolute atomic E-state index is 13.4. The Morgan fingerprint density at radius 2 is 1.67 bits per heavy atom. The van der Waals surface area contributed by atoms with Crippen molar-refractivity contribution in [2.45, 2.75) is 63.1 Å². The first-order valence-corrected chi connectivity index (χ1v) is 17.8. The van der Waals surface area contributed by atoms with Gasteiger partial charge in [0.15, 0.2) is 4.90 Å². The number of fused-ring (bicyclic) bond motifs is 1. The van der Waals surface area contributed by atoms with Crippen molar-refractivity contribution in [3.8, 4) is 5.75 Å². The first kappa shape index (κ1) is 35.6. The van der Waals surface area contributed by atoms with E-state index in [1.54, 1.807) is 21.9 Å². The van der Waals surface area contributed by atoms with Gasteiger partial charge in [0.1, 0.15) is 17.0 Å². The largest absolute Gasteiger partial charge is 0.482 e. The van der Waals surface area contributed by atoms with Gasteiger partial charge in [-0.05, 0) is 75.6 Å². The summed E-state index contributed by atoms with van der Waals surface area (Å²) in [6.45, 7) is 9.10. The number of rotatable bonds is 10. The van der Waals surface area contributed by atoms with Crippen LogP contribution in [0.25, 0.3) is 5.57 Å². The van der Waals surface area contributed by atoms with E-state index in [1.165, 1.54) is 18.2 Å². The Balaban J connectivity index is 1.25. The number of para-hydroxylation sites is 2. The number of nitro benzene ring substituents is 1. The van der Waals surface area contributed by atoms with Crippen LogP contribution in [-0.4, -0.2) is 79.1 Å². The lowest BCUT2D eigenvalue weighted by Gasteiger charge is -2.43. The molecule has 1 fully saturated rings. The summed E-state index contributed by atoms with van der Waals surface area (Å²) in [6, 6.07) is 20.4. The van der Waals surface area contributed by atoms with E-state index in [0.29, 0.717) is 44.5 Å². The summed E-state index contributed by atoms with van der Waals surface area (Å²) in [4.78, 5) is 39.6. The lowest BCUT2D eigenvalue weighted by molar-refractivity contribution is -0.387. The highest BCUT2D eigenvalue weighted by Crippen LogP contribution is 2.43. The normalized spacial score (nSPS) is 15.5. The Hall–Kier alpha value is -4.75. The van der Waals surface area contributed by atoms with Crippen LogP contribution in [0.4, 0.5) is 10.5 Å². The van der Waals surface area contributed by atoms with E-state index < -0.39 is 36.7 Å². The number of benzene rings is 3. The molecule has 5 rings (SSSR count). The fourth-order valence-corrected chi connectivity index (χ4v) is 7.26. The van der Waals surface area contributed by atoms with Crippen LogP contribution in [0.1, 0.15) is 68.4 Å². The number of amides is 2. The van der Waals surface area contributed by atoms with Crippen LogP contribution in [-0.2, 0) is 14.8 Å². The topological polar surface area (TPSA) is 148 Å². The molecule has 3 aromatic carbocycles. The molecule has 0 unspecified atom stereocenters. The molecule has 3 aromatic rings. The molecule has 1 N–H and O–H groups in total. The first-order chi connectivity index (χ1) is 23.2. The fourth-order valence-electron chi connectivity index (χ4n) is 6.01. The maximum Gasteiger partial charge on any atom is 0.410 e. The smallest absolute Gasteiger partial charge is 0.410 e. The highest BCUT2D eigenvalue weighted by Gasteiger charge is 2.41. The third-order valence-electron chi connectivity index (χ3n) is 8.52. The summed E-state index contributed by atoms with van der Waals surface area (Å²) in [5.74, 6) is 0.573. The molecule has 2 heterocycles. The molecule has 49 heavy (non-hydrogen) atoms. The monoisotopic (exact) mass is 690 g/mol. The minimum Gasteiger partial charge on any atom is -0.482 e. The standard InChI is InChI=1S/C36H42N4O8S/c1-5-38(22-10-21-37-49(45,46)32-14-9-7-12-30(32)40(43)44)33(41)27-17-15-26(16-18-27)29-25-36(47-31-13-8-6-11-28(29)31)19-23-39(24-20-36)34(42)48-35(2,3)4/h6-9,11-18,25,37H,5,10,19-24H2,1-4H3. The Labute approximate surface area is 286 Å². The minimum atomic E-state index is -4.11. The summed E-state index contributed by atoms with van der Waals surface area (Å²) in [5, 5.41) is 11.3. The number of likely N-dealkylation sites (tertiary alicyclic amines) is 1. The molecule has 2 aliphatic heterocycles. The van der Waals surface area contributed by atoms with Gasteiger partial charge in [-0.15, -0.1) is 0 Å². The molecule has 0 radical (unpaired) electrons. The third-order valence-corrected chi connectivity index (χ3v) is 10.0. The number of nitro groups is 1. The average Bonchev–Trinajstić information content (AvgIpc) is 3.07. The third kappa shape index (κ3) is 8.28. The van der Waals surface area contributed by atoms with E-state index in [1.807, 2.05) is 64.1 Å². The summed E-state index contributed by atoms with van der Waals surface area (Å²) < 4.78 is 40.0. The second-order valence-electron chi connectivity index (χ2n) is 13.1. The zero-order valence-electron chi connectivity index (χ0n) is 28.2. The van der Waals surface area contributed by atoms with Gasteiger partial charge in [0, 0.05) is 62.8 Å². The molecule has 0 aromatic heterocycles. The lowest BCUT2D eigenvalue weighted by Crippen LogP contribution is -2.50. The van der Waals surface area contributed by atoms with Gasteiger partial charge < -0.3 is 19.3 Å². The van der Waals surface area contributed by atoms with Gasteiger partial charge in [-0.3, -0.25) is 14.9 Å². The van der Waals surface area contributed by atoms with E-state index >= 15 is 0 Å². The number of ether oxygens (including phenoxy) is 2. The van der Waals surface area contributed by atoms with Crippen molar-refractivity contribution in [2.24, 2.45) is 0 Å². The molecule has 0 atom stereocenters. The Bertz CT molecular complexity index is 1840. The van der Waals surface area contributed by atoms with Crippen LogP contribution in [0, 0.1) is 10.1 Å². The molecule has 12 nitrogen and oxygen atoms in total. The Morgan fingerprint density at radius 1 is 1.02 bits per heavy atom. The molecule has 260 valence electrons. The number of hydrogen-bond acceptors (Lipinski definition) is 8. The van der Waals surface area contributed by atoms with Crippen molar-refractivity contribution in [1.29, 1.82) is 0 Å². The minimum absolute atomic E-state index is 0.00399. The van der Waals surface area contributed by atoms with E-state index in [4.69, 9.17) is 9.47 Å². The average molecular weight is 691 g/mol. The molecule has 13 heteroatoms. The highest BCUT2D eigenvalue weighted by atomic mass is 32.2. The summed E-state index contributed by atoms with van der Waals surface area (Å²) in [7, 11) is -4.11. The fraction of sp³-hybridized carbons (Fsp3) is 0.389. The second kappa shape index (κ2) is 14.4. The van der Waals surface area contributed by atoms with Gasteiger partial charge in [-0.2, -0.15) is 0 Å². The van der Waals surface area contributed by atoms with Crippen LogP contribution >= 0.6 is 0 Å². The number of hydrogen-bond donors (Lipinski definition) is 1. The van der Waals surface area contributed by atoms with Crippen LogP contribution in [0.2, 0.25) is 0 Å². The van der Waals surface area contributed by atoms with Crippen LogP contribution in [0.5, 0.6) is 5.75 Å². The number of carbonyl (C=O) groups is 2. The van der Waals surface area contributed by atoms with Crippen LogP contribution < -0.4 is 9.46 Å². The number of nitrogens with one attached hydrogen (secondary N) is 1. The van der Waals surface area contributed by atoms with Crippen molar-refractivity contribution >= 4 is 33.3 Å². The summed E-state index contributed by atoms with van der Waals surface area (Å²) in [6.07, 6.45) is 3.33. The quantitative estimate of drug-likeness (QED) is 0.154. The lowest BCUT2D eigenvalue weighted by atomic mass is 9.83. The predicted molar refractivity (Wildman–Crippen MR) is 185 cm³/mol. The summed E-state index contributed by atoms with van der Waals surface area (Å²) in [5.41, 5.74) is 1.69. The first-order valence-electron chi connectivity index (χ1n) is 16.3. The maximum atomic E-state index is 13.4. The van der Waals surface area contributed by atoms with E-state index in [9.17, 15) is 28.1 Å². The Morgan fingerprint density at radius 3 is 2.33 bits per heavy atom. The second-order valence-corrected chi connectivity index (χ2v) is 14.9. The number of nitrogens with zero attached hydrogens (tertiary/aromatic N) is 3. The SMILES string of the molecule is CCN(CCCNS(=O)(=O)c1ccccc1[N+](=O)[O-])C(=O)c1ccc(C2=CC3(CCN(C(=O)OC(C)(C)C)CC3)Oc3ccccc32)cc1. The Kier molecular flexibility index (Phi) is 10.4. The van der Waals surface area contributed by atoms with Gasteiger partial charge in [0.25, 0.3) is 11.6 Å². The molecule has 0 aliphatic carbocycles.